The Morgan fingerprint density at radius 1 is 1.75 bits per heavy atom. The normalized spacial score (nSPS) is 15.9. The largest absolute Gasteiger partial charge is 0.357 e. The highest BCUT2D eigenvalue weighted by atomic mass is 32.2. The summed E-state index contributed by atoms with van der Waals surface area (Å²) < 4.78 is 3.24. The lowest BCUT2D eigenvalue weighted by Crippen LogP contribution is -2.34. The number of nitrogens with one attached hydrogen (secondary N) is 1. The van der Waals surface area contributed by atoms with Crippen LogP contribution in [0.1, 0.15) is 6.92 Å². The number of fused-ring (bicyclic) bond motifs is 1. The van der Waals surface area contributed by atoms with Crippen molar-refractivity contribution in [1.29, 1.82) is 0 Å². The van der Waals surface area contributed by atoms with E-state index < -0.39 is 0 Å². The third-order valence-corrected chi connectivity index (χ3v) is 2.73. The van der Waals surface area contributed by atoms with E-state index in [1.165, 1.54) is 10.6 Å². The molecule has 1 aliphatic heterocycles. The molecule has 0 radical (unpaired) electrons. The molecule has 1 N–H and O–H groups in total. The van der Waals surface area contributed by atoms with E-state index in [1.807, 2.05) is 12.4 Å². The Kier molecular flexibility index (Phi) is 2.19. The molecule has 0 bridgehead atoms. The Balaban J connectivity index is 2.37. The van der Waals surface area contributed by atoms with Crippen molar-refractivity contribution in [2.45, 2.75) is 11.8 Å². The minimum Gasteiger partial charge on any atom is -0.357 e. The molecule has 0 atom stereocenters. The van der Waals surface area contributed by atoms with Gasteiger partial charge in [-0.2, -0.15) is 0 Å². The van der Waals surface area contributed by atoms with E-state index in [4.69, 9.17) is 0 Å². The van der Waals surface area contributed by atoms with Crippen molar-refractivity contribution in [2.75, 3.05) is 18.1 Å². The predicted octanol–water partition coefficient (Wildman–Crippen LogP) is 1.48. The van der Waals surface area contributed by atoms with E-state index >= 15 is 0 Å². The molecular formula is C8H11N3S. The summed E-state index contributed by atoms with van der Waals surface area (Å²) in [6.45, 7) is 4.10. The van der Waals surface area contributed by atoms with Crippen LogP contribution in [-0.4, -0.2) is 18.2 Å². The molecule has 64 valence electrons. The van der Waals surface area contributed by atoms with Gasteiger partial charge < -0.3 is 4.90 Å². The van der Waals surface area contributed by atoms with Gasteiger partial charge in [-0.05, 0) is 24.9 Å². The SMILES string of the molecule is CCN1CNSc2cnccc21. The van der Waals surface area contributed by atoms with Crippen molar-refractivity contribution in [1.82, 2.24) is 9.71 Å². The lowest BCUT2D eigenvalue weighted by molar-refractivity contribution is 0.782. The summed E-state index contributed by atoms with van der Waals surface area (Å²) in [6, 6.07) is 2.06. The zero-order valence-electron chi connectivity index (χ0n) is 6.95. The monoisotopic (exact) mass is 181 g/mol. The first-order valence-corrected chi connectivity index (χ1v) is 4.82. The molecule has 0 saturated carbocycles. The third kappa shape index (κ3) is 1.28. The van der Waals surface area contributed by atoms with Crippen LogP contribution < -0.4 is 9.62 Å². The van der Waals surface area contributed by atoms with Crippen molar-refractivity contribution in [3.8, 4) is 0 Å². The van der Waals surface area contributed by atoms with Gasteiger partial charge in [-0.1, -0.05) is 0 Å². The molecule has 0 aromatic carbocycles. The van der Waals surface area contributed by atoms with Crippen LogP contribution in [0.25, 0.3) is 0 Å². The van der Waals surface area contributed by atoms with E-state index in [2.05, 4.69) is 27.6 Å². The number of nitrogens with zero attached hydrogens (tertiary/aromatic N) is 2. The number of hydrogen-bond acceptors (Lipinski definition) is 4. The molecule has 0 aliphatic carbocycles. The molecule has 2 heterocycles. The highest BCUT2D eigenvalue weighted by Gasteiger charge is 2.14. The lowest BCUT2D eigenvalue weighted by Gasteiger charge is -2.29. The van der Waals surface area contributed by atoms with E-state index in [-0.39, 0.29) is 0 Å². The van der Waals surface area contributed by atoms with Gasteiger partial charge in [-0.25, -0.2) is 4.72 Å². The van der Waals surface area contributed by atoms with Crippen LogP contribution >= 0.6 is 11.9 Å². The van der Waals surface area contributed by atoms with Gasteiger partial charge in [0.1, 0.15) is 0 Å². The van der Waals surface area contributed by atoms with Gasteiger partial charge >= 0.3 is 0 Å². The molecule has 1 aromatic rings. The zero-order chi connectivity index (χ0) is 8.39. The second-order valence-corrected chi connectivity index (χ2v) is 3.54. The molecule has 0 unspecified atom stereocenters. The quantitative estimate of drug-likeness (QED) is 0.664. The minimum absolute atomic E-state index is 0.915. The van der Waals surface area contributed by atoms with E-state index in [1.54, 1.807) is 11.9 Å². The highest BCUT2D eigenvalue weighted by molar-refractivity contribution is 7.97. The predicted molar refractivity (Wildman–Crippen MR) is 51.1 cm³/mol. The molecule has 0 saturated heterocycles. The summed E-state index contributed by atoms with van der Waals surface area (Å²) >= 11 is 1.65. The Morgan fingerprint density at radius 2 is 2.67 bits per heavy atom. The zero-order valence-corrected chi connectivity index (χ0v) is 7.77. The summed E-state index contributed by atoms with van der Waals surface area (Å²) in [4.78, 5) is 7.58. The maximum Gasteiger partial charge on any atom is 0.0778 e. The number of anilines is 1. The van der Waals surface area contributed by atoms with Crippen molar-refractivity contribution < 1.29 is 0 Å². The van der Waals surface area contributed by atoms with Crippen molar-refractivity contribution >= 4 is 17.6 Å². The smallest absolute Gasteiger partial charge is 0.0778 e. The van der Waals surface area contributed by atoms with E-state index in [0.717, 1.165) is 13.2 Å². The Labute approximate surface area is 76.3 Å². The van der Waals surface area contributed by atoms with Crippen LogP contribution in [-0.2, 0) is 0 Å². The molecule has 3 nitrogen and oxygen atoms in total. The van der Waals surface area contributed by atoms with Gasteiger partial charge in [-0.3, -0.25) is 4.98 Å². The van der Waals surface area contributed by atoms with Crippen LogP contribution in [0.5, 0.6) is 0 Å². The van der Waals surface area contributed by atoms with Crippen molar-refractivity contribution in [3.63, 3.8) is 0 Å². The number of aromatic nitrogens is 1. The highest BCUT2D eigenvalue weighted by Crippen LogP contribution is 2.30. The number of rotatable bonds is 1. The van der Waals surface area contributed by atoms with Gasteiger partial charge in [-0.15, -0.1) is 0 Å². The molecule has 12 heavy (non-hydrogen) atoms. The minimum atomic E-state index is 0.915. The second kappa shape index (κ2) is 3.33. The van der Waals surface area contributed by atoms with Crippen LogP contribution in [0.3, 0.4) is 0 Å². The maximum atomic E-state index is 4.08. The summed E-state index contributed by atoms with van der Waals surface area (Å²) in [7, 11) is 0. The summed E-state index contributed by atoms with van der Waals surface area (Å²) in [5, 5.41) is 0. The average molecular weight is 181 g/mol. The Hall–Kier alpha value is -0.740. The molecule has 0 fully saturated rings. The fraction of sp³-hybridized carbons (Fsp3) is 0.375. The topological polar surface area (TPSA) is 28.2 Å². The van der Waals surface area contributed by atoms with Crippen LogP contribution in [0.4, 0.5) is 5.69 Å². The second-order valence-electron chi connectivity index (χ2n) is 2.60. The first kappa shape index (κ1) is 7.89. The van der Waals surface area contributed by atoms with Gasteiger partial charge in [0.15, 0.2) is 0 Å². The van der Waals surface area contributed by atoms with Gasteiger partial charge in [0.2, 0.25) is 0 Å². The van der Waals surface area contributed by atoms with E-state index in [9.17, 15) is 0 Å². The molecule has 2 rings (SSSR count). The maximum absolute atomic E-state index is 4.08. The molecule has 4 heteroatoms. The Morgan fingerprint density at radius 3 is 3.50 bits per heavy atom. The van der Waals surface area contributed by atoms with Crippen molar-refractivity contribution in [3.05, 3.63) is 18.5 Å². The molecule has 1 aliphatic rings. The number of pyridine rings is 1. The average Bonchev–Trinajstić information content (AvgIpc) is 2.17. The van der Waals surface area contributed by atoms with Crippen molar-refractivity contribution in [2.24, 2.45) is 0 Å². The van der Waals surface area contributed by atoms with Gasteiger partial charge in [0.05, 0.1) is 17.3 Å². The van der Waals surface area contributed by atoms with Crippen LogP contribution in [0, 0.1) is 0 Å². The molecule has 1 aromatic heterocycles. The van der Waals surface area contributed by atoms with Gasteiger partial charge in [0, 0.05) is 18.9 Å². The standard InChI is InChI=1S/C8H11N3S/c1-2-11-6-10-12-8-5-9-4-3-7(8)11/h3-5,10H,2,6H2,1H3. The fourth-order valence-electron chi connectivity index (χ4n) is 1.27. The summed E-state index contributed by atoms with van der Waals surface area (Å²) in [5.74, 6) is 0. The molecular weight excluding hydrogens is 170 g/mol. The first-order valence-electron chi connectivity index (χ1n) is 4.00. The number of hydrogen-bond donors (Lipinski definition) is 1. The van der Waals surface area contributed by atoms with Gasteiger partial charge in [0.25, 0.3) is 0 Å². The molecule has 0 spiro atoms. The summed E-state index contributed by atoms with van der Waals surface area (Å²) in [5.41, 5.74) is 1.29. The Bertz CT molecular complexity index is 277. The summed E-state index contributed by atoms with van der Waals surface area (Å²) in [6.07, 6.45) is 3.74. The lowest BCUT2D eigenvalue weighted by atomic mass is 10.3. The third-order valence-electron chi connectivity index (χ3n) is 1.92. The molecule has 0 amide bonds. The van der Waals surface area contributed by atoms with Crippen LogP contribution in [0.15, 0.2) is 23.4 Å². The van der Waals surface area contributed by atoms with Crippen LogP contribution in [0.2, 0.25) is 0 Å². The fourth-order valence-corrected chi connectivity index (χ4v) is 2.06. The van der Waals surface area contributed by atoms with E-state index in [0.29, 0.717) is 0 Å². The first-order chi connectivity index (χ1) is 5.92.